The number of amides is 2. The van der Waals surface area contributed by atoms with Crippen molar-refractivity contribution in [2.45, 2.75) is 31.3 Å². The van der Waals surface area contributed by atoms with Gasteiger partial charge in [0.2, 0.25) is 5.91 Å². The predicted molar refractivity (Wildman–Crippen MR) is 121 cm³/mol. The standard InChI is InChI=1S/C24H30N4O4/c1-27(18-7-12-28(13-8-18)19-5-10-25-11-6-19)24(30)17-3-4-22-20(15-17)21(9-14-32-22)26-23(29)16-31-2/h3-6,10-11,15,18,21H,7-9,12-14,16H2,1-2H3,(H,26,29). The van der Waals surface area contributed by atoms with Gasteiger partial charge < -0.3 is 24.6 Å². The van der Waals surface area contributed by atoms with Crippen molar-refractivity contribution in [1.82, 2.24) is 15.2 Å². The topological polar surface area (TPSA) is 84.0 Å². The molecule has 2 aliphatic heterocycles. The van der Waals surface area contributed by atoms with Gasteiger partial charge in [0.25, 0.3) is 5.91 Å². The second-order valence-corrected chi connectivity index (χ2v) is 8.28. The number of nitrogens with zero attached hydrogens (tertiary/aromatic N) is 3. The Morgan fingerprint density at radius 2 is 1.94 bits per heavy atom. The molecule has 0 spiro atoms. The summed E-state index contributed by atoms with van der Waals surface area (Å²) in [6, 6.07) is 9.53. The molecule has 1 saturated heterocycles. The van der Waals surface area contributed by atoms with Gasteiger partial charge in [-0.2, -0.15) is 0 Å². The van der Waals surface area contributed by atoms with Gasteiger partial charge in [0.1, 0.15) is 12.4 Å². The van der Waals surface area contributed by atoms with Gasteiger partial charge in [-0.1, -0.05) is 0 Å². The molecule has 0 aliphatic carbocycles. The molecule has 2 aromatic rings. The zero-order valence-electron chi connectivity index (χ0n) is 18.6. The number of carbonyl (C=O) groups is 2. The van der Waals surface area contributed by atoms with Crippen LogP contribution in [0.25, 0.3) is 0 Å². The largest absolute Gasteiger partial charge is 0.493 e. The number of methoxy groups -OCH3 is 1. The first-order valence-corrected chi connectivity index (χ1v) is 11.0. The maximum absolute atomic E-state index is 13.3. The molecule has 1 fully saturated rings. The highest BCUT2D eigenvalue weighted by Gasteiger charge is 2.28. The van der Waals surface area contributed by atoms with Crippen LogP contribution in [-0.4, -0.2) is 68.2 Å². The van der Waals surface area contributed by atoms with E-state index < -0.39 is 0 Å². The number of nitrogens with one attached hydrogen (secondary N) is 1. The van der Waals surface area contributed by atoms with Crippen LogP contribution in [-0.2, 0) is 9.53 Å². The minimum Gasteiger partial charge on any atom is -0.493 e. The first-order chi connectivity index (χ1) is 15.6. The highest BCUT2D eigenvalue weighted by atomic mass is 16.5. The highest BCUT2D eigenvalue weighted by Crippen LogP contribution is 2.33. The molecule has 3 heterocycles. The quantitative estimate of drug-likeness (QED) is 0.746. The molecule has 1 N–H and O–H groups in total. The van der Waals surface area contributed by atoms with E-state index >= 15 is 0 Å². The number of rotatable bonds is 6. The van der Waals surface area contributed by atoms with Gasteiger partial charge in [-0.3, -0.25) is 14.6 Å². The van der Waals surface area contributed by atoms with Crippen molar-refractivity contribution >= 4 is 17.5 Å². The van der Waals surface area contributed by atoms with E-state index in [9.17, 15) is 9.59 Å². The lowest BCUT2D eigenvalue weighted by Crippen LogP contribution is -2.45. The minimum atomic E-state index is -0.192. The third-order valence-electron chi connectivity index (χ3n) is 6.27. The Labute approximate surface area is 188 Å². The molecule has 0 radical (unpaired) electrons. The summed E-state index contributed by atoms with van der Waals surface area (Å²) in [6.45, 7) is 2.33. The van der Waals surface area contributed by atoms with Gasteiger partial charge in [-0.15, -0.1) is 0 Å². The maximum atomic E-state index is 13.3. The smallest absolute Gasteiger partial charge is 0.253 e. The number of aromatic nitrogens is 1. The van der Waals surface area contributed by atoms with Crippen molar-refractivity contribution in [2.75, 3.05) is 45.4 Å². The second kappa shape index (κ2) is 9.99. The molecule has 0 bridgehead atoms. The van der Waals surface area contributed by atoms with Crippen LogP contribution in [0.1, 0.15) is 41.2 Å². The minimum absolute atomic E-state index is 0.00619. The Balaban J connectivity index is 1.42. The van der Waals surface area contributed by atoms with Crippen molar-refractivity contribution in [2.24, 2.45) is 0 Å². The van der Waals surface area contributed by atoms with Gasteiger partial charge in [0, 0.05) is 68.9 Å². The zero-order valence-corrected chi connectivity index (χ0v) is 18.6. The second-order valence-electron chi connectivity index (χ2n) is 8.28. The fraction of sp³-hybridized carbons (Fsp3) is 0.458. The van der Waals surface area contributed by atoms with Crippen LogP contribution in [0.4, 0.5) is 5.69 Å². The number of hydrogen-bond donors (Lipinski definition) is 1. The van der Waals surface area contributed by atoms with E-state index in [0.717, 1.165) is 31.5 Å². The van der Waals surface area contributed by atoms with Crippen molar-refractivity contribution in [3.05, 3.63) is 53.9 Å². The number of carbonyl (C=O) groups excluding carboxylic acids is 2. The van der Waals surface area contributed by atoms with Crippen molar-refractivity contribution < 1.29 is 19.1 Å². The van der Waals surface area contributed by atoms with Crippen molar-refractivity contribution in [1.29, 1.82) is 0 Å². The van der Waals surface area contributed by atoms with E-state index in [4.69, 9.17) is 9.47 Å². The monoisotopic (exact) mass is 438 g/mol. The molecule has 1 atom stereocenters. The number of ether oxygens (including phenoxy) is 2. The molecule has 0 saturated carbocycles. The molecule has 170 valence electrons. The lowest BCUT2D eigenvalue weighted by atomic mass is 9.97. The summed E-state index contributed by atoms with van der Waals surface area (Å²) in [5.74, 6) is 0.520. The van der Waals surface area contributed by atoms with Crippen LogP contribution in [0.15, 0.2) is 42.7 Å². The Hall–Kier alpha value is -3.13. The third kappa shape index (κ3) is 4.85. The molecule has 2 aliphatic rings. The van der Waals surface area contributed by atoms with Crippen LogP contribution in [0.5, 0.6) is 5.75 Å². The Bertz CT molecular complexity index is 944. The summed E-state index contributed by atoms with van der Waals surface area (Å²) >= 11 is 0. The number of anilines is 1. The van der Waals surface area contributed by atoms with Gasteiger partial charge in [-0.25, -0.2) is 0 Å². The molecule has 8 nitrogen and oxygen atoms in total. The summed E-state index contributed by atoms with van der Waals surface area (Å²) in [7, 11) is 3.37. The van der Waals surface area contributed by atoms with Gasteiger partial charge in [-0.05, 0) is 43.2 Å². The fourth-order valence-electron chi connectivity index (χ4n) is 4.48. The lowest BCUT2D eigenvalue weighted by Gasteiger charge is -2.38. The molecule has 8 heteroatoms. The van der Waals surface area contributed by atoms with E-state index in [1.165, 1.54) is 12.8 Å². The Kier molecular flexibility index (Phi) is 6.90. The fourth-order valence-corrected chi connectivity index (χ4v) is 4.48. The number of benzene rings is 1. The van der Waals surface area contributed by atoms with Crippen molar-refractivity contribution in [3.63, 3.8) is 0 Å². The van der Waals surface area contributed by atoms with Crippen LogP contribution in [0.3, 0.4) is 0 Å². The Morgan fingerprint density at radius 1 is 1.19 bits per heavy atom. The molecule has 1 aromatic heterocycles. The van der Waals surface area contributed by atoms with Gasteiger partial charge >= 0.3 is 0 Å². The summed E-state index contributed by atoms with van der Waals surface area (Å²) in [6.07, 6.45) is 6.09. The number of pyridine rings is 1. The van der Waals surface area contributed by atoms with E-state index in [1.54, 1.807) is 0 Å². The summed E-state index contributed by atoms with van der Waals surface area (Å²) in [4.78, 5) is 33.6. The van der Waals surface area contributed by atoms with Gasteiger partial charge in [0.15, 0.2) is 0 Å². The molecule has 32 heavy (non-hydrogen) atoms. The first kappa shape index (κ1) is 22.1. The molecule has 4 rings (SSSR count). The summed E-state index contributed by atoms with van der Waals surface area (Å²) in [5, 5.41) is 2.98. The summed E-state index contributed by atoms with van der Waals surface area (Å²) < 4.78 is 10.7. The molecule has 2 amide bonds. The normalized spacial score (nSPS) is 18.4. The number of piperidine rings is 1. The van der Waals surface area contributed by atoms with Crippen LogP contribution in [0.2, 0.25) is 0 Å². The molecular formula is C24H30N4O4. The number of fused-ring (bicyclic) bond motifs is 1. The number of hydrogen-bond acceptors (Lipinski definition) is 6. The van der Waals surface area contributed by atoms with E-state index in [1.807, 2.05) is 54.7 Å². The average Bonchev–Trinajstić information content (AvgIpc) is 2.84. The molecule has 1 unspecified atom stereocenters. The van der Waals surface area contributed by atoms with Crippen LogP contribution >= 0.6 is 0 Å². The van der Waals surface area contributed by atoms with E-state index in [2.05, 4.69) is 15.2 Å². The average molecular weight is 439 g/mol. The molecule has 1 aromatic carbocycles. The maximum Gasteiger partial charge on any atom is 0.253 e. The first-order valence-electron chi connectivity index (χ1n) is 11.0. The van der Waals surface area contributed by atoms with E-state index in [0.29, 0.717) is 24.3 Å². The highest BCUT2D eigenvalue weighted by molar-refractivity contribution is 5.94. The van der Waals surface area contributed by atoms with Crippen LogP contribution in [0, 0.1) is 0 Å². The third-order valence-corrected chi connectivity index (χ3v) is 6.27. The van der Waals surface area contributed by atoms with Gasteiger partial charge in [0.05, 0.1) is 12.6 Å². The lowest BCUT2D eigenvalue weighted by molar-refractivity contribution is -0.125. The predicted octanol–water partition coefficient (Wildman–Crippen LogP) is 2.41. The van der Waals surface area contributed by atoms with E-state index in [-0.39, 0.29) is 30.5 Å². The Morgan fingerprint density at radius 3 is 2.66 bits per heavy atom. The molecular weight excluding hydrogens is 408 g/mol. The SMILES string of the molecule is COCC(=O)NC1CCOc2ccc(C(=O)N(C)C3CCN(c4ccncc4)CC3)cc21. The van der Waals surface area contributed by atoms with Crippen LogP contribution < -0.4 is 15.0 Å². The zero-order chi connectivity index (χ0) is 22.5. The van der Waals surface area contributed by atoms with Crippen molar-refractivity contribution in [3.8, 4) is 5.75 Å². The summed E-state index contributed by atoms with van der Waals surface area (Å²) in [5.41, 5.74) is 2.62.